The number of carbonyl (C=O) groups is 1. The van der Waals surface area contributed by atoms with Gasteiger partial charge in [0.1, 0.15) is 11.9 Å². The molecule has 0 spiro atoms. The Morgan fingerprint density at radius 2 is 2.12 bits per heavy atom. The van der Waals surface area contributed by atoms with E-state index in [1.807, 2.05) is 31.9 Å². The van der Waals surface area contributed by atoms with Gasteiger partial charge < -0.3 is 14.8 Å². The van der Waals surface area contributed by atoms with Crippen LogP contribution in [0.1, 0.15) is 25.8 Å². The van der Waals surface area contributed by atoms with Crippen molar-refractivity contribution in [3.8, 4) is 0 Å². The van der Waals surface area contributed by atoms with Gasteiger partial charge in [-0.3, -0.25) is 9.69 Å². The Morgan fingerprint density at radius 1 is 1.38 bits per heavy atom. The zero-order chi connectivity index (χ0) is 18.9. The molecule has 2 atom stereocenters. The molecule has 0 aromatic heterocycles. The molecule has 6 heteroatoms. The number of benzene rings is 1. The highest BCUT2D eigenvalue weighted by molar-refractivity contribution is 5.78. The van der Waals surface area contributed by atoms with Gasteiger partial charge in [-0.2, -0.15) is 0 Å². The van der Waals surface area contributed by atoms with Crippen LogP contribution in [0.25, 0.3) is 0 Å². The maximum atomic E-state index is 13.0. The van der Waals surface area contributed by atoms with Crippen LogP contribution in [0.3, 0.4) is 0 Å². The van der Waals surface area contributed by atoms with Crippen LogP contribution in [0, 0.1) is 5.82 Å². The van der Waals surface area contributed by atoms with Gasteiger partial charge in [0.15, 0.2) is 0 Å². The van der Waals surface area contributed by atoms with Crippen LogP contribution in [-0.4, -0.2) is 56.4 Å². The molecule has 26 heavy (non-hydrogen) atoms. The predicted octanol–water partition coefficient (Wildman–Crippen LogP) is 2.51. The van der Waals surface area contributed by atoms with Crippen molar-refractivity contribution < 1.29 is 18.7 Å². The number of nitrogens with zero attached hydrogens (tertiary/aromatic N) is 1. The summed E-state index contributed by atoms with van der Waals surface area (Å²) in [6, 6.07) is 6.28. The number of rotatable bonds is 8. The van der Waals surface area contributed by atoms with Gasteiger partial charge in [-0.25, -0.2) is 4.39 Å². The lowest BCUT2D eigenvalue weighted by molar-refractivity contribution is -0.126. The molecule has 144 valence electrons. The van der Waals surface area contributed by atoms with Gasteiger partial charge in [-0.1, -0.05) is 23.8 Å². The smallest absolute Gasteiger partial charge is 0.234 e. The molecular formula is C20H29FN2O3. The molecule has 1 aromatic rings. The van der Waals surface area contributed by atoms with Crippen LogP contribution in [0.4, 0.5) is 4.39 Å². The second-order valence-electron chi connectivity index (χ2n) is 6.99. The summed E-state index contributed by atoms with van der Waals surface area (Å²) < 4.78 is 24.3. The molecular weight excluding hydrogens is 335 g/mol. The average Bonchev–Trinajstić information content (AvgIpc) is 2.58. The molecule has 0 aliphatic carbocycles. The Kier molecular flexibility index (Phi) is 8.22. The fourth-order valence-electron chi connectivity index (χ4n) is 2.83. The Bertz CT molecular complexity index is 600. The van der Waals surface area contributed by atoms with Crippen molar-refractivity contribution in [2.24, 2.45) is 0 Å². The summed E-state index contributed by atoms with van der Waals surface area (Å²) in [5.74, 6) is -0.301. The molecule has 1 aliphatic heterocycles. The Hall–Kier alpha value is -1.76. The monoisotopic (exact) mass is 364 g/mol. The van der Waals surface area contributed by atoms with Crippen molar-refractivity contribution in [3.63, 3.8) is 0 Å². The first-order chi connectivity index (χ1) is 12.4. The van der Waals surface area contributed by atoms with Crippen LogP contribution < -0.4 is 5.32 Å². The summed E-state index contributed by atoms with van der Waals surface area (Å²) in [5, 5.41) is 3.07. The number of halogens is 1. The first-order valence-electron chi connectivity index (χ1n) is 8.99. The first kappa shape index (κ1) is 20.6. The van der Waals surface area contributed by atoms with E-state index < -0.39 is 0 Å². The van der Waals surface area contributed by atoms with Gasteiger partial charge in [-0.05, 0) is 45.0 Å². The van der Waals surface area contributed by atoms with E-state index in [4.69, 9.17) is 9.47 Å². The van der Waals surface area contributed by atoms with Crippen molar-refractivity contribution in [3.05, 3.63) is 47.3 Å². The van der Waals surface area contributed by atoms with E-state index in [1.165, 1.54) is 17.7 Å². The molecule has 2 rings (SSSR count). The molecule has 1 fully saturated rings. The number of allylic oxidation sites excluding steroid dienone is 1. The molecule has 1 amide bonds. The quantitative estimate of drug-likeness (QED) is 0.720. The molecule has 0 radical (unpaired) electrons. The molecule has 5 nitrogen and oxygen atoms in total. The third kappa shape index (κ3) is 7.23. The third-order valence-corrected chi connectivity index (χ3v) is 4.23. The summed E-state index contributed by atoms with van der Waals surface area (Å²) in [6.45, 7) is 6.55. The maximum absolute atomic E-state index is 13.0. The highest BCUT2D eigenvalue weighted by Crippen LogP contribution is 2.12. The zero-order valence-electron chi connectivity index (χ0n) is 15.8. The summed E-state index contributed by atoms with van der Waals surface area (Å²) in [5.41, 5.74) is 2.17. The van der Waals surface area contributed by atoms with E-state index in [0.29, 0.717) is 26.4 Å². The summed E-state index contributed by atoms with van der Waals surface area (Å²) in [4.78, 5) is 14.3. The fraction of sp³-hybridized carbons (Fsp3) is 0.550. The van der Waals surface area contributed by atoms with E-state index in [2.05, 4.69) is 5.32 Å². The second-order valence-corrected chi connectivity index (χ2v) is 6.99. The van der Waals surface area contributed by atoms with Crippen molar-refractivity contribution >= 4 is 5.91 Å². The summed E-state index contributed by atoms with van der Waals surface area (Å²) in [6.07, 6.45) is 2.63. The van der Waals surface area contributed by atoms with Crippen LogP contribution in [0.5, 0.6) is 0 Å². The van der Waals surface area contributed by atoms with E-state index in [0.717, 1.165) is 12.0 Å². The van der Waals surface area contributed by atoms with Gasteiger partial charge in [0.25, 0.3) is 0 Å². The van der Waals surface area contributed by atoms with Crippen molar-refractivity contribution in [2.75, 3.05) is 33.4 Å². The average molecular weight is 364 g/mol. The van der Waals surface area contributed by atoms with Gasteiger partial charge in [-0.15, -0.1) is 0 Å². The number of ether oxygens (including phenoxy) is 2. The third-order valence-electron chi connectivity index (χ3n) is 4.23. The minimum atomic E-state index is -0.257. The number of amides is 1. The Balaban J connectivity index is 1.80. The number of hydrogen-bond acceptors (Lipinski definition) is 4. The number of likely N-dealkylation sites (N-methyl/N-ethyl adjacent to an activating group) is 1. The topological polar surface area (TPSA) is 50.8 Å². The number of nitrogens with one attached hydrogen (secondary N) is 1. The van der Waals surface area contributed by atoms with E-state index in [1.54, 1.807) is 12.1 Å². The predicted molar refractivity (Wildman–Crippen MR) is 99.3 cm³/mol. The van der Waals surface area contributed by atoms with Gasteiger partial charge in [0.2, 0.25) is 5.91 Å². The molecule has 1 saturated heterocycles. The largest absolute Gasteiger partial charge is 0.379 e. The second kappa shape index (κ2) is 10.4. The fourth-order valence-corrected chi connectivity index (χ4v) is 2.83. The van der Waals surface area contributed by atoms with Gasteiger partial charge >= 0.3 is 0 Å². The van der Waals surface area contributed by atoms with Crippen molar-refractivity contribution in [1.82, 2.24) is 10.2 Å². The normalized spacial score (nSPS) is 20.0. The van der Waals surface area contributed by atoms with Crippen molar-refractivity contribution in [2.45, 2.75) is 39.0 Å². The van der Waals surface area contributed by atoms with Crippen molar-refractivity contribution in [1.29, 1.82) is 0 Å². The minimum Gasteiger partial charge on any atom is -0.379 e. The maximum Gasteiger partial charge on any atom is 0.234 e. The zero-order valence-corrected chi connectivity index (χ0v) is 15.8. The number of hydrogen-bond donors (Lipinski definition) is 1. The molecule has 1 N–H and O–H groups in total. The van der Waals surface area contributed by atoms with Crippen LogP contribution in [0.15, 0.2) is 35.9 Å². The van der Waals surface area contributed by atoms with Crippen LogP contribution in [0.2, 0.25) is 0 Å². The molecule has 1 heterocycles. The first-order valence-corrected chi connectivity index (χ1v) is 8.99. The summed E-state index contributed by atoms with van der Waals surface area (Å²) in [7, 11) is 1.87. The Morgan fingerprint density at radius 3 is 2.81 bits per heavy atom. The molecule has 1 aromatic carbocycles. The van der Waals surface area contributed by atoms with Gasteiger partial charge in [0.05, 0.1) is 25.8 Å². The highest BCUT2D eigenvalue weighted by Gasteiger charge is 2.27. The molecule has 1 aliphatic rings. The highest BCUT2D eigenvalue weighted by atomic mass is 19.1. The van der Waals surface area contributed by atoms with Crippen LogP contribution in [-0.2, 0) is 20.8 Å². The van der Waals surface area contributed by atoms with E-state index in [-0.39, 0.29) is 30.4 Å². The SMILES string of the molecule is CC(C)=CCOC1COCCC1NC(=O)CN(C)Cc1ccc(F)cc1. The lowest BCUT2D eigenvalue weighted by Crippen LogP contribution is -2.51. The minimum absolute atomic E-state index is 0.0407. The Labute approximate surface area is 155 Å². The standard InChI is InChI=1S/C20H29FN2O3/c1-15(2)8-11-26-19-14-25-10-9-18(19)22-20(24)13-23(3)12-16-4-6-17(21)7-5-16/h4-8,18-19H,9-14H2,1-3H3,(H,22,24). The summed E-state index contributed by atoms with van der Waals surface area (Å²) >= 11 is 0. The lowest BCUT2D eigenvalue weighted by atomic mass is 10.1. The van der Waals surface area contributed by atoms with E-state index >= 15 is 0 Å². The molecule has 0 bridgehead atoms. The van der Waals surface area contributed by atoms with Crippen LogP contribution >= 0.6 is 0 Å². The molecule has 0 saturated carbocycles. The lowest BCUT2D eigenvalue weighted by Gasteiger charge is -2.32. The number of carbonyl (C=O) groups excluding carboxylic acids is 1. The van der Waals surface area contributed by atoms with Gasteiger partial charge in [0, 0.05) is 13.2 Å². The van der Waals surface area contributed by atoms with E-state index in [9.17, 15) is 9.18 Å². The molecule has 2 unspecified atom stereocenters.